The van der Waals surface area contributed by atoms with Crippen molar-refractivity contribution in [2.24, 2.45) is 0 Å². The third-order valence-electron chi connectivity index (χ3n) is 2.41. The van der Waals surface area contributed by atoms with Crippen molar-refractivity contribution in [3.63, 3.8) is 0 Å². The van der Waals surface area contributed by atoms with Crippen LogP contribution in [0.1, 0.15) is 24.2 Å². The van der Waals surface area contributed by atoms with Crippen LogP contribution >= 0.6 is 0 Å². The summed E-state index contributed by atoms with van der Waals surface area (Å²) in [5, 5.41) is 0. The highest BCUT2D eigenvalue weighted by Gasteiger charge is 2.18. The van der Waals surface area contributed by atoms with Crippen LogP contribution in [0, 0.1) is 18.8 Å². The van der Waals surface area contributed by atoms with E-state index in [0.717, 1.165) is 18.7 Å². The Balaban J connectivity index is 1.97. The molecule has 82 valence electrons. The minimum Gasteiger partial charge on any atom is -0.332 e. The lowest BCUT2D eigenvalue weighted by Gasteiger charge is -2.09. The van der Waals surface area contributed by atoms with Crippen molar-refractivity contribution in [3.8, 4) is 11.8 Å². The lowest BCUT2D eigenvalue weighted by atomic mass is 10.4. The average Bonchev–Trinajstić information content (AvgIpc) is 2.65. The van der Waals surface area contributed by atoms with Gasteiger partial charge < -0.3 is 4.90 Å². The van der Waals surface area contributed by atoms with Gasteiger partial charge in [0, 0.05) is 19.2 Å². The van der Waals surface area contributed by atoms with E-state index in [4.69, 9.17) is 0 Å². The topological polar surface area (TPSA) is 46.1 Å². The van der Waals surface area contributed by atoms with Crippen molar-refractivity contribution in [1.29, 1.82) is 0 Å². The van der Waals surface area contributed by atoms with E-state index in [-0.39, 0.29) is 5.91 Å². The lowest BCUT2D eigenvalue weighted by molar-refractivity contribution is -0.127. The first-order valence-corrected chi connectivity index (χ1v) is 5.31. The summed E-state index contributed by atoms with van der Waals surface area (Å²) in [4.78, 5) is 21.3. The van der Waals surface area contributed by atoms with Crippen molar-refractivity contribution < 1.29 is 4.79 Å². The van der Waals surface area contributed by atoms with Crippen LogP contribution in [0.15, 0.2) is 12.4 Å². The summed E-state index contributed by atoms with van der Waals surface area (Å²) in [6.45, 7) is 3.20. The average molecular weight is 215 g/mol. The lowest BCUT2D eigenvalue weighted by Crippen LogP contribution is -2.24. The van der Waals surface area contributed by atoms with Gasteiger partial charge in [0.15, 0.2) is 0 Å². The Morgan fingerprint density at radius 2 is 2.38 bits per heavy atom. The second kappa shape index (κ2) is 4.75. The van der Waals surface area contributed by atoms with Crippen molar-refractivity contribution in [2.45, 2.75) is 19.8 Å². The zero-order chi connectivity index (χ0) is 11.4. The standard InChI is InChI=1S/C12H13N3O/c1-10-8-13-9-11(14-10)4-2-6-15-7-3-5-12(15)16/h8-9H,3,5-7H2,1H3. The van der Waals surface area contributed by atoms with Crippen LogP contribution in [-0.4, -0.2) is 33.9 Å². The normalized spacial score (nSPS) is 14.8. The Hall–Kier alpha value is -1.89. The van der Waals surface area contributed by atoms with Crippen LogP contribution in [0.3, 0.4) is 0 Å². The summed E-state index contributed by atoms with van der Waals surface area (Å²) in [6, 6.07) is 0. The SMILES string of the molecule is Cc1cncc(C#CCN2CCCC2=O)n1. The minimum absolute atomic E-state index is 0.199. The minimum atomic E-state index is 0.199. The molecule has 1 amide bonds. The Kier molecular flexibility index (Phi) is 3.16. The highest BCUT2D eigenvalue weighted by Crippen LogP contribution is 2.07. The van der Waals surface area contributed by atoms with E-state index in [9.17, 15) is 4.79 Å². The van der Waals surface area contributed by atoms with Gasteiger partial charge in [-0.25, -0.2) is 4.98 Å². The molecule has 1 fully saturated rings. The van der Waals surface area contributed by atoms with Gasteiger partial charge in [0.1, 0.15) is 5.69 Å². The number of carbonyl (C=O) groups excluding carboxylic acids is 1. The number of amides is 1. The predicted octanol–water partition coefficient (Wildman–Crippen LogP) is 0.759. The fraction of sp³-hybridized carbons (Fsp3) is 0.417. The summed E-state index contributed by atoms with van der Waals surface area (Å²) in [6.07, 6.45) is 4.93. The molecule has 1 aliphatic heterocycles. The first kappa shape index (κ1) is 10.6. The van der Waals surface area contributed by atoms with Gasteiger partial charge in [0.05, 0.1) is 18.4 Å². The Morgan fingerprint density at radius 1 is 1.50 bits per heavy atom. The van der Waals surface area contributed by atoms with Gasteiger partial charge >= 0.3 is 0 Å². The van der Waals surface area contributed by atoms with Crippen molar-refractivity contribution in [3.05, 3.63) is 23.8 Å². The summed E-state index contributed by atoms with van der Waals surface area (Å²) in [5.74, 6) is 6.07. The second-order valence-electron chi connectivity index (χ2n) is 3.77. The molecule has 0 bridgehead atoms. The smallest absolute Gasteiger partial charge is 0.223 e. The van der Waals surface area contributed by atoms with Gasteiger partial charge in [0.2, 0.25) is 5.91 Å². The molecule has 2 rings (SSSR count). The fourth-order valence-corrected chi connectivity index (χ4v) is 1.62. The molecule has 0 atom stereocenters. The van der Waals surface area contributed by atoms with Crippen LogP contribution in [0.2, 0.25) is 0 Å². The fourth-order valence-electron chi connectivity index (χ4n) is 1.62. The third kappa shape index (κ3) is 2.57. The number of carbonyl (C=O) groups is 1. The molecule has 2 heterocycles. The van der Waals surface area contributed by atoms with Gasteiger partial charge in [-0.1, -0.05) is 5.92 Å². The molecule has 0 N–H and O–H groups in total. The molecule has 0 radical (unpaired) electrons. The molecule has 0 spiro atoms. The maximum Gasteiger partial charge on any atom is 0.223 e. The van der Waals surface area contributed by atoms with E-state index in [0.29, 0.717) is 18.7 Å². The largest absolute Gasteiger partial charge is 0.332 e. The highest BCUT2D eigenvalue weighted by molar-refractivity contribution is 5.78. The molecule has 1 aromatic heterocycles. The summed E-state index contributed by atoms with van der Waals surface area (Å²) >= 11 is 0. The molecule has 1 aliphatic rings. The monoisotopic (exact) mass is 215 g/mol. The Labute approximate surface area is 94.7 Å². The van der Waals surface area contributed by atoms with E-state index in [1.807, 2.05) is 6.92 Å². The Morgan fingerprint density at radius 3 is 3.06 bits per heavy atom. The molecular weight excluding hydrogens is 202 g/mol. The summed E-state index contributed by atoms with van der Waals surface area (Å²) in [5.41, 5.74) is 1.51. The Bertz CT molecular complexity index is 459. The number of nitrogens with zero attached hydrogens (tertiary/aromatic N) is 3. The van der Waals surface area contributed by atoms with Gasteiger partial charge in [-0.15, -0.1) is 0 Å². The molecule has 16 heavy (non-hydrogen) atoms. The van der Waals surface area contributed by atoms with E-state index in [2.05, 4.69) is 21.8 Å². The second-order valence-corrected chi connectivity index (χ2v) is 3.77. The van der Waals surface area contributed by atoms with E-state index < -0.39 is 0 Å². The number of likely N-dealkylation sites (tertiary alicyclic amines) is 1. The van der Waals surface area contributed by atoms with Gasteiger partial charge in [-0.3, -0.25) is 9.78 Å². The van der Waals surface area contributed by atoms with Crippen LogP contribution < -0.4 is 0 Å². The molecular formula is C12H13N3O. The van der Waals surface area contributed by atoms with Crippen molar-refractivity contribution in [2.75, 3.05) is 13.1 Å². The number of hydrogen-bond donors (Lipinski definition) is 0. The summed E-state index contributed by atoms with van der Waals surface area (Å²) < 4.78 is 0. The van der Waals surface area contributed by atoms with E-state index >= 15 is 0 Å². The first-order chi connectivity index (χ1) is 7.75. The predicted molar refractivity (Wildman–Crippen MR) is 59.5 cm³/mol. The molecule has 1 aromatic rings. The van der Waals surface area contributed by atoms with Crippen molar-refractivity contribution in [1.82, 2.24) is 14.9 Å². The number of hydrogen-bond acceptors (Lipinski definition) is 3. The first-order valence-electron chi connectivity index (χ1n) is 5.31. The third-order valence-corrected chi connectivity index (χ3v) is 2.41. The van der Waals surface area contributed by atoms with E-state index in [1.165, 1.54) is 0 Å². The molecule has 4 nitrogen and oxygen atoms in total. The van der Waals surface area contributed by atoms with Crippen LogP contribution in [0.5, 0.6) is 0 Å². The maximum absolute atomic E-state index is 11.3. The molecule has 4 heteroatoms. The summed E-state index contributed by atoms with van der Waals surface area (Å²) in [7, 11) is 0. The number of aryl methyl sites for hydroxylation is 1. The van der Waals surface area contributed by atoms with Crippen LogP contribution in [0.4, 0.5) is 0 Å². The quantitative estimate of drug-likeness (QED) is 0.650. The number of aromatic nitrogens is 2. The van der Waals surface area contributed by atoms with Crippen LogP contribution in [-0.2, 0) is 4.79 Å². The van der Waals surface area contributed by atoms with Gasteiger partial charge in [-0.2, -0.15) is 0 Å². The molecule has 0 unspecified atom stereocenters. The molecule has 0 aliphatic carbocycles. The van der Waals surface area contributed by atoms with Gasteiger partial charge in [-0.05, 0) is 19.3 Å². The number of rotatable bonds is 1. The molecule has 0 saturated carbocycles. The highest BCUT2D eigenvalue weighted by atomic mass is 16.2. The molecule has 0 aromatic carbocycles. The van der Waals surface area contributed by atoms with Gasteiger partial charge in [0.25, 0.3) is 0 Å². The van der Waals surface area contributed by atoms with Crippen LogP contribution in [0.25, 0.3) is 0 Å². The zero-order valence-corrected chi connectivity index (χ0v) is 9.23. The zero-order valence-electron chi connectivity index (χ0n) is 9.23. The van der Waals surface area contributed by atoms with Crippen molar-refractivity contribution >= 4 is 5.91 Å². The molecule has 1 saturated heterocycles. The maximum atomic E-state index is 11.3. The van der Waals surface area contributed by atoms with E-state index in [1.54, 1.807) is 17.3 Å².